The van der Waals surface area contributed by atoms with E-state index in [1.165, 1.54) is 6.07 Å². The average molecular weight is 310 g/mol. The van der Waals surface area contributed by atoms with Gasteiger partial charge in [-0.1, -0.05) is 6.07 Å². The molecule has 2 heterocycles. The summed E-state index contributed by atoms with van der Waals surface area (Å²) in [6.45, 7) is 0. The lowest BCUT2D eigenvalue weighted by atomic mass is 10.2. The van der Waals surface area contributed by atoms with Crippen LogP contribution in [0, 0.1) is 0 Å². The summed E-state index contributed by atoms with van der Waals surface area (Å²) in [7, 11) is -8.12. The lowest BCUT2D eigenvalue weighted by molar-refractivity contribution is 0.0957. The summed E-state index contributed by atoms with van der Waals surface area (Å²) in [5, 5.41) is 1.64. The number of hydrogen-bond acceptors (Lipinski definition) is 7. The molecule has 100 valence electrons. The van der Waals surface area contributed by atoms with Crippen molar-refractivity contribution in [2.45, 2.75) is 10.4 Å². The Morgan fingerprint density at radius 2 is 1.83 bits per heavy atom. The van der Waals surface area contributed by atoms with Gasteiger partial charge in [-0.25, -0.2) is 16.8 Å². The Labute approximate surface area is 108 Å². The molecule has 1 aromatic rings. The van der Waals surface area contributed by atoms with Crippen LogP contribution < -0.4 is 0 Å². The second kappa shape index (κ2) is 3.86. The molecule has 0 saturated carbocycles. The molecular weight excluding hydrogens is 300 g/mol. The topological polar surface area (TPSA) is 97.9 Å². The fraction of sp³-hybridized carbons (Fsp3) is 0.444. The van der Waals surface area contributed by atoms with Gasteiger partial charge in [0.05, 0.1) is 4.88 Å². The average Bonchev–Trinajstić information content (AvgIpc) is 2.77. The van der Waals surface area contributed by atoms with Gasteiger partial charge in [0.25, 0.3) is 0 Å². The van der Waals surface area contributed by atoms with Crippen molar-refractivity contribution in [3.63, 3.8) is 0 Å². The second-order valence-corrected chi connectivity index (χ2v) is 9.50. The van der Waals surface area contributed by atoms with E-state index in [0.29, 0.717) is 0 Å². The van der Waals surface area contributed by atoms with E-state index in [0.717, 1.165) is 23.8 Å². The third kappa shape index (κ3) is 1.81. The number of hydrogen-bond donors (Lipinski definition) is 0. The van der Waals surface area contributed by atoms with Crippen LogP contribution in [0.3, 0.4) is 0 Å². The maximum Gasteiger partial charge on any atom is 0.304 e. The Bertz CT molecular complexity index is 651. The van der Waals surface area contributed by atoms with E-state index in [1.54, 1.807) is 11.4 Å². The summed E-state index contributed by atoms with van der Waals surface area (Å²) in [5.74, 6) is -0.624. The van der Waals surface area contributed by atoms with Gasteiger partial charge in [0.1, 0.15) is 0 Å². The van der Waals surface area contributed by atoms with Crippen molar-refractivity contribution in [2.75, 3.05) is 12.5 Å². The molecule has 1 atom stereocenters. The van der Waals surface area contributed by atoms with Crippen molar-refractivity contribution >= 4 is 36.8 Å². The minimum absolute atomic E-state index is 0.272. The molecule has 1 aromatic heterocycles. The van der Waals surface area contributed by atoms with Crippen LogP contribution in [0.15, 0.2) is 17.5 Å². The molecule has 1 saturated heterocycles. The summed E-state index contributed by atoms with van der Waals surface area (Å²) in [5.41, 5.74) is 0. The highest BCUT2D eigenvalue weighted by Gasteiger charge is 2.75. The summed E-state index contributed by atoms with van der Waals surface area (Å²) in [6, 6.07) is 3.10. The number of ketones is 1. The second-order valence-electron chi connectivity index (χ2n) is 3.99. The van der Waals surface area contributed by atoms with Crippen molar-refractivity contribution in [1.29, 1.82) is 0 Å². The van der Waals surface area contributed by atoms with Gasteiger partial charge in [-0.05, 0) is 11.4 Å². The molecule has 1 aliphatic rings. The third-order valence-electron chi connectivity index (χ3n) is 2.58. The number of carbonyl (C=O) groups excluding carboxylic acids is 1. The molecule has 0 radical (unpaired) electrons. The third-order valence-corrected chi connectivity index (χ3v) is 7.97. The molecule has 18 heavy (non-hydrogen) atoms. The van der Waals surface area contributed by atoms with Crippen LogP contribution >= 0.6 is 11.3 Å². The van der Waals surface area contributed by atoms with E-state index in [2.05, 4.69) is 0 Å². The molecule has 2 rings (SSSR count). The van der Waals surface area contributed by atoms with Crippen molar-refractivity contribution in [2.24, 2.45) is 0 Å². The van der Waals surface area contributed by atoms with Gasteiger partial charge in [-0.2, -0.15) is 0 Å². The number of ether oxygens (including phenoxy) is 1. The van der Waals surface area contributed by atoms with Crippen LogP contribution in [0.2, 0.25) is 0 Å². The van der Waals surface area contributed by atoms with Crippen molar-refractivity contribution in [1.82, 2.24) is 0 Å². The maximum atomic E-state index is 11.9. The minimum atomic E-state index is -4.06. The molecule has 1 unspecified atom stereocenters. The molecular formula is C9H10O6S3. The first-order valence-corrected chi connectivity index (χ1v) is 9.42. The number of sulfone groups is 2. The summed E-state index contributed by atoms with van der Waals surface area (Å²) in [4.78, 5) is 12.2. The van der Waals surface area contributed by atoms with Gasteiger partial charge in [0.2, 0.25) is 5.78 Å². The fourth-order valence-electron chi connectivity index (χ4n) is 1.73. The van der Waals surface area contributed by atoms with Gasteiger partial charge in [-0.3, -0.25) is 4.79 Å². The summed E-state index contributed by atoms with van der Waals surface area (Å²) in [6.07, 6.45) is 0.0204. The Morgan fingerprint density at radius 1 is 1.28 bits per heavy atom. The predicted molar refractivity (Wildman–Crippen MR) is 65.9 cm³/mol. The maximum absolute atomic E-state index is 11.9. The van der Waals surface area contributed by atoms with E-state index in [-0.39, 0.29) is 4.88 Å². The Balaban J connectivity index is 2.45. The van der Waals surface area contributed by atoms with Crippen LogP contribution in [0.5, 0.6) is 0 Å². The molecule has 1 fully saturated rings. The number of epoxide rings is 1. The van der Waals surface area contributed by atoms with Crippen molar-refractivity contribution < 1.29 is 26.4 Å². The quantitative estimate of drug-likeness (QED) is 0.576. The van der Waals surface area contributed by atoms with Crippen LogP contribution in [0.25, 0.3) is 0 Å². The van der Waals surface area contributed by atoms with Gasteiger partial charge < -0.3 is 4.74 Å². The first-order valence-electron chi connectivity index (χ1n) is 4.76. The number of Topliss-reactive ketones (excluding diaryl/α,β-unsaturated/α-hetero) is 1. The predicted octanol–water partition coefficient (Wildman–Crippen LogP) is 0.0726. The molecule has 0 bridgehead atoms. The van der Waals surface area contributed by atoms with Crippen LogP contribution in [-0.2, 0) is 24.4 Å². The normalized spacial score (nSPS) is 22.7. The Hall–Kier alpha value is -0.770. The largest absolute Gasteiger partial charge is 0.327 e. The lowest BCUT2D eigenvalue weighted by Gasteiger charge is -2.07. The number of rotatable bonds is 4. The Morgan fingerprint density at radius 3 is 2.17 bits per heavy atom. The van der Waals surface area contributed by atoms with Gasteiger partial charge in [-0.15, -0.1) is 11.3 Å². The van der Waals surface area contributed by atoms with Crippen LogP contribution in [0.1, 0.15) is 9.67 Å². The number of carbonyl (C=O) groups is 1. The Kier molecular flexibility index (Phi) is 2.93. The first kappa shape index (κ1) is 13.7. The minimum Gasteiger partial charge on any atom is -0.327 e. The van der Waals surface area contributed by atoms with Crippen LogP contribution in [-0.4, -0.2) is 45.5 Å². The van der Waals surface area contributed by atoms with Crippen molar-refractivity contribution in [3.05, 3.63) is 22.4 Å². The summed E-state index contributed by atoms with van der Waals surface area (Å²) < 4.78 is 48.8. The zero-order valence-corrected chi connectivity index (χ0v) is 11.9. The molecule has 0 aliphatic carbocycles. The highest BCUT2D eigenvalue weighted by molar-refractivity contribution is 8.10. The van der Waals surface area contributed by atoms with Crippen molar-refractivity contribution in [3.8, 4) is 0 Å². The summed E-state index contributed by atoms with van der Waals surface area (Å²) >= 11 is 1.10. The molecule has 9 heteroatoms. The lowest BCUT2D eigenvalue weighted by Crippen LogP contribution is -2.37. The zero-order valence-electron chi connectivity index (χ0n) is 9.48. The van der Waals surface area contributed by atoms with Crippen LogP contribution in [0.4, 0.5) is 0 Å². The SMILES string of the molecule is CS(=O)(=O)C1(S(C)(=O)=O)OC1C(=O)c1cccs1. The monoisotopic (exact) mass is 310 g/mol. The first-order chi connectivity index (χ1) is 8.11. The molecule has 0 N–H and O–H groups in total. The van der Waals surface area contributed by atoms with Gasteiger partial charge in [0.15, 0.2) is 25.8 Å². The van der Waals surface area contributed by atoms with E-state index < -0.39 is 35.8 Å². The van der Waals surface area contributed by atoms with E-state index in [1.807, 2.05) is 0 Å². The van der Waals surface area contributed by atoms with E-state index in [4.69, 9.17) is 4.74 Å². The van der Waals surface area contributed by atoms with Gasteiger partial charge >= 0.3 is 4.27 Å². The smallest absolute Gasteiger partial charge is 0.304 e. The molecule has 0 spiro atoms. The fourth-order valence-corrected chi connectivity index (χ4v) is 6.15. The zero-order chi connectivity index (χ0) is 13.8. The van der Waals surface area contributed by atoms with Gasteiger partial charge in [0, 0.05) is 12.5 Å². The highest BCUT2D eigenvalue weighted by Crippen LogP contribution is 2.47. The number of thiophene rings is 1. The highest BCUT2D eigenvalue weighted by atomic mass is 32.3. The molecule has 6 nitrogen and oxygen atoms in total. The van der Waals surface area contributed by atoms with E-state index in [9.17, 15) is 21.6 Å². The van der Waals surface area contributed by atoms with E-state index >= 15 is 0 Å². The standard InChI is InChI=1S/C9H10O6S3/c1-17(11,12)9(18(2,13)14)8(15-9)7(10)6-4-3-5-16-6/h3-5,8H,1-2H3. The molecule has 0 aromatic carbocycles. The molecule has 0 amide bonds. The molecule has 1 aliphatic heterocycles.